The van der Waals surface area contributed by atoms with E-state index in [-0.39, 0.29) is 17.3 Å². The summed E-state index contributed by atoms with van der Waals surface area (Å²) in [6.45, 7) is 1.80. The molecule has 0 bridgehead atoms. The molecule has 0 fully saturated rings. The van der Waals surface area contributed by atoms with Crippen molar-refractivity contribution in [1.29, 1.82) is 0 Å². The summed E-state index contributed by atoms with van der Waals surface area (Å²) in [5.74, 6) is -0.970. The van der Waals surface area contributed by atoms with E-state index < -0.39 is 5.82 Å². The Bertz CT molecular complexity index is 519. The van der Waals surface area contributed by atoms with Crippen LogP contribution in [0.1, 0.15) is 28.8 Å². The summed E-state index contributed by atoms with van der Waals surface area (Å²) in [5, 5.41) is 0. The highest BCUT2D eigenvalue weighted by atomic mass is 19.1. The second kappa shape index (κ2) is 4.91. The van der Waals surface area contributed by atoms with Crippen molar-refractivity contribution < 1.29 is 9.18 Å². The van der Waals surface area contributed by atoms with E-state index in [9.17, 15) is 9.18 Å². The molecule has 17 heavy (non-hydrogen) atoms. The van der Waals surface area contributed by atoms with Gasteiger partial charge in [-0.1, -0.05) is 49.4 Å². The van der Waals surface area contributed by atoms with Crippen molar-refractivity contribution in [1.82, 2.24) is 0 Å². The van der Waals surface area contributed by atoms with Gasteiger partial charge in [-0.25, -0.2) is 4.39 Å². The molecule has 0 saturated heterocycles. The van der Waals surface area contributed by atoms with Gasteiger partial charge in [0, 0.05) is 5.92 Å². The summed E-state index contributed by atoms with van der Waals surface area (Å²) in [4.78, 5) is 12.1. The lowest BCUT2D eigenvalue weighted by Gasteiger charge is -2.11. The second-order valence-corrected chi connectivity index (χ2v) is 3.98. The van der Waals surface area contributed by atoms with Gasteiger partial charge in [0.25, 0.3) is 0 Å². The molecule has 1 unspecified atom stereocenters. The van der Waals surface area contributed by atoms with Gasteiger partial charge in [-0.15, -0.1) is 0 Å². The number of ketones is 1. The van der Waals surface area contributed by atoms with E-state index >= 15 is 0 Å². The number of benzene rings is 2. The maximum absolute atomic E-state index is 13.5. The van der Waals surface area contributed by atoms with Crippen LogP contribution < -0.4 is 0 Å². The average molecular weight is 228 g/mol. The van der Waals surface area contributed by atoms with Crippen molar-refractivity contribution in [2.24, 2.45) is 0 Å². The van der Waals surface area contributed by atoms with Gasteiger partial charge in [0.2, 0.25) is 0 Å². The van der Waals surface area contributed by atoms with Crippen LogP contribution in [0.4, 0.5) is 4.39 Å². The number of hydrogen-bond acceptors (Lipinski definition) is 1. The molecule has 2 aromatic rings. The molecule has 1 atom stereocenters. The molecule has 0 aliphatic carbocycles. The first-order valence-corrected chi connectivity index (χ1v) is 5.54. The molecule has 0 saturated carbocycles. The van der Waals surface area contributed by atoms with Crippen LogP contribution >= 0.6 is 0 Å². The fourth-order valence-corrected chi connectivity index (χ4v) is 1.79. The quantitative estimate of drug-likeness (QED) is 0.730. The molecule has 0 spiro atoms. The Kier molecular flexibility index (Phi) is 3.33. The maximum atomic E-state index is 13.5. The van der Waals surface area contributed by atoms with Crippen molar-refractivity contribution in [2.45, 2.75) is 12.8 Å². The molecule has 2 rings (SSSR count). The van der Waals surface area contributed by atoms with E-state index in [1.54, 1.807) is 19.1 Å². The molecule has 0 aliphatic heterocycles. The minimum absolute atomic E-state index is 0.156. The SMILES string of the molecule is CC(C(=O)c1ccccc1F)c1ccccc1. The Balaban J connectivity index is 2.30. The number of carbonyl (C=O) groups is 1. The van der Waals surface area contributed by atoms with Gasteiger partial charge in [0.1, 0.15) is 5.82 Å². The van der Waals surface area contributed by atoms with Crippen molar-refractivity contribution in [3.63, 3.8) is 0 Å². The van der Waals surface area contributed by atoms with Gasteiger partial charge in [0.15, 0.2) is 5.78 Å². The predicted octanol–water partition coefficient (Wildman–Crippen LogP) is 3.81. The highest BCUT2D eigenvalue weighted by Crippen LogP contribution is 2.21. The number of halogens is 1. The molecular formula is C15H13FO. The number of hydrogen-bond donors (Lipinski definition) is 0. The molecule has 1 nitrogen and oxygen atoms in total. The van der Waals surface area contributed by atoms with Crippen LogP contribution in [0.2, 0.25) is 0 Å². The first-order chi connectivity index (χ1) is 8.20. The van der Waals surface area contributed by atoms with Gasteiger partial charge in [-0.05, 0) is 17.7 Å². The number of Topliss-reactive ketones (excluding diaryl/α,β-unsaturated/α-hetero) is 1. The zero-order chi connectivity index (χ0) is 12.3. The Morgan fingerprint density at radius 1 is 1.00 bits per heavy atom. The topological polar surface area (TPSA) is 17.1 Å². The number of rotatable bonds is 3. The Morgan fingerprint density at radius 3 is 2.24 bits per heavy atom. The summed E-state index contributed by atoms with van der Waals surface area (Å²) < 4.78 is 13.5. The molecule has 2 aromatic carbocycles. The summed E-state index contributed by atoms with van der Waals surface area (Å²) >= 11 is 0. The molecular weight excluding hydrogens is 215 g/mol. The van der Waals surface area contributed by atoms with Gasteiger partial charge in [-0.3, -0.25) is 4.79 Å². The van der Waals surface area contributed by atoms with Crippen LogP contribution in [0.15, 0.2) is 54.6 Å². The van der Waals surface area contributed by atoms with E-state index in [4.69, 9.17) is 0 Å². The minimum Gasteiger partial charge on any atom is -0.293 e. The largest absolute Gasteiger partial charge is 0.293 e. The van der Waals surface area contributed by atoms with E-state index in [0.29, 0.717) is 0 Å². The van der Waals surface area contributed by atoms with Crippen LogP contribution in [-0.2, 0) is 0 Å². The minimum atomic E-state index is -0.458. The zero-order valence-electron chi connectivity index (χ0n) is 9.56. The first-order valence-electron chi connectivity index (χ1n) is 5.54. The van der Waals surface area contributed by atoms with Crippen LogP contribution in [0.25, 0.3) is 0 Å². The second-order valence-electron chi connectivity index (χ2n) is 3.98. The molecule has 0 heterocycles. The number of carbonyl (C=O) groups excluding carboxylic acids is 1. The third-order valence-corrected chi connectivity index (χ3v) is 2.83. The van der Waals surface area contributed by atoms with Gasteiger partial charge in [-0.2, -0.15) is 0 Å². The normalized spacial score (nSPS) is 12.1. The van der Waals surface area contributed by atoms with Crippen LogP contribution in [0.5, 0.6) is 0 Å². The van der Waals surface area contributed by atoms with Crippen molar-refractivity contribution in [3.8, 4) is 0 Å². The highest BCUT2D eigenvalue weighted by Gasteiger charge is 2.19. The smallest absolute Gasteiger partial charge is 0.172 e. The highest BCUT2D eigenvalue weighted by molar-refractivity contribution is 6.00. The third kappa shape index (κ3) is 2.41. The lowest BCUT2D eigenvalue weighted by molar-refractivity contribution is 0.0962. The van der Waals surface area contributed by atoms with Crippen molar-refractivity contribution in [2.75, 3.05) is 0 Å². The first kappa shape index (κ1) is 11.5. The summed E-state index contributed by atoms with van der Waals surface area (Å²) in [7, 11) is 0. The van der Waals surface area contributed by atoms with Crippen molar-refractivity contribution >= 4 is 5.78 Å². The van der Waals surface area contributed by atoms with E-state index in [1.807, 2.05) is 30.3 Å². The Labute approximate surface area is 99.9 Å². The molecule has 0 aliphatic rings. The van der Waals surface area contributed by atoms with Gasteiger partial charge in [0.05, 0.1) is 5.56 Å². The average Bonchev–Trinajstić information content (AvgIpc) is 2.39. The van der Waals surface area contributed by atoms with Crippen LogP contribution in [0, 0.1) is 5.82 Å². The van der Waals surface area contributed by atoms with Gasteiger partial charge >= 0.3 is 0 Å². The molecule has 86 valence electrons. The molecule has 2 heteroatoms. The molecule has 0 amide bonds. The summed E-state index contributed by atoms with van der Waals surface area (Å²) in [6, 6.07) is 15.5. The van der Waals surface area contributed by atoms with E-state index in [0.717, 1.165) is 5.56 Å². The summed E-state index contributed by atoms with van der Waals surface area (Å²) in [6.07, 6.45) is 0. The molecule has 0 radical (unpaired) electrons. The standard InChI is InChI=1S/C15H13FO/c1-11(12-7-3-2-4-8-12)15(17)13-9-5-6-10-14(13)16/h2-11H,1H3. The summed E-state index contributed by atoms with van der Waals surface area (Å²) in [5.41, 5.74) is 1.06. The Morgan fingerprint density at radius 2 is 1.59 bits per heavy atom. The van der Waals surface area contributed by atoms with E-state index in [1.165, 1.54) is 12.1 Å². The molecule has 0 N–H and O–H groups in total. The monoisotopic (exact) mass is 228 g/mol. The van der Waals surface area contributed by atoms with Crippen LogP contribution in [-0.4, -0.2) is 5.78 Å². The fourth-order valence-electron chi connectivity index (χ4n) is 1.79. The zero-order valence-corrected chi connectivity index (χ0v) is 9.56. The lowest BCUT2D eigenvalue weighted by Crippen LogP contribution is -2.11. The lowest BCUT2D eigenvalue weighted by atomic mass is 9.92. The third-order valence-electron chi connectivity index (χ3n) is 2.83. The Hall–Kier alpha value is -1.96. The predicted molar refractivity (Wildman–Crippen MR) is 65.6 cm³/mol. The molecule has 0 aromatic heterocycles. The van der Waals surface area contributed by atoms with Crippen LogP contribution in [0.3, 0.4) is 0 Å². The van der Waals surface area contributed by atoms with E-state index in [2.05, 4.69) is 0 Å². The van der Waals surface area contributed by atoms with Gasteiger partial charge < -0.3 is 0 Å². The fraction of sp³-hybridized carbons (Fsp3) is 0.133. The van der Waals surface area contributed by atoms with Crippen molar-refractivity contribution in [3.05, 3.63) is 71.5 Å². The maximum Gasteiger partial charge on any atom is 0.172 e.